The summed E-state index contributed by atoms with van der Waals surface area (Å²) in [7, 11) is 0. The van der Waals surface area contributed by atoms with Gasteiger partial charge in [0, 0.05) is 11.1 Å². The number of benzene rings is 1. The molecule has 0 N–H and O–H groups in total. The summed E-state index contributed by atoms with van der Waals surface area (Å²) in [6.07, 6.45) is 3.95. The molecule has 0 aliphatic rings. The molecule has 1 rings (SSSR count). The predicted molar refractivity (Wildman–Crippen MR) is 108 cm³/mol. The van der Waals surface area contributed by atoms with Gasteiger partial charge in [0.2, 0.25) is 0 Å². The lowest BCUT2D eigenvalue weighted by atomic mass is 9.79. The van der Waals surface area contributed by atoms with Crippen molar-refractivity contribution in [2.75, 3.05) is 0 Å². The summed E-state index contributed by atoms with van der Waals surface area (Å²) in [5.41, 5.74) is 3.22. The Balaban J connectivity index is 0. The fraction of sp³-hybridized carbons (Fsp3) is 0.591. The van der Waals surface area contributed by atoms with Gasteiger partial charge in [0.1, 0.15) is 5.75 Å². The van der Waals surface area contributed by atoms with E-state index in [2.05, 4.69) is 53.7 Å². The van der Waals surface area contributed by atoms with Crippen LogP contribution in [0.5, 0.6) is 5.75 Å². The zero-order valence-electron chi connectivity index (χ0n) is 17.7. The van der Waals surface area contributed by atoms with Crippen LogP contribution in [0.25, 0.3) is 6.08 Å². The van der Waals surface area contributed by atoms with Gasteiger partial charge in [0.05, 0.1) is 0 Å². The van der Waals surface area contributed by atoms with Crippen molar-refractivity contribution in [2.24, 2.45) is 0 Å². The molecule has 2 heteroatoms. The maximum absolute atomic E-state index is 10.8. The molecule has 0 aromatic heterocycles. The molecule has 0 bridgehead atoms. The molecule has 1 aromatic carbocycles. The Kier molecular flexibility index (Phi) is 11.4. The molecule has 0 atom stereocenters. The number of allylic oxidation sites excluding steroid dienone is 1. The van der Waals surface area contributed by atoms with Crippen LogP contribution in [-0.4, -0.2) is 6.47 Å². The lowest BCUT2D eigenvalue weighted by Crippen LogP contribution is -2.18. The van der Waals surface area contributed by atoms with E-state index in [0.29, 0.717) is 12.2 Å². The highest BCUT2D eigenvalue weighted by Gasteiger charge is 2.25. The molecule has 0 aliphatic carbocycles. The van der Waals surface area contributed by atoms with Crippen molar-refractivity contribution in [3.8, 4) is 5.75 Å². The van der Waals surface area contributed by atoms with Crippen LogP contribution >= 0.6 is 0 Å². The lowest BCUT2D eigenvalue weighted by Gasteiger charge is -2.28. The van der Waals surface area contributed by atoms with Crippen LogP contribution in [0.3, 0.4) is 0 Å². The van der Waals surface area contributed by atoms with Crippen molar-refractivity contribution in [1.82, 2.24) is 0 Å². The van der Waals surface area contributed by atoms with Crippen molar-refractivity contribution in [3.05, 3.63) is 34.9 Å². The molecule has 2 nitrogen and oxygen atoms in total. The van der Waals surface area contributed by atoms with Gasteiger partial charge in [-0.2, -0.15) is 0 Å². The van der Waals surface area contributed by atoms with E-state index < -0.39 is 0 Å². The van der Waals surface area contributed by atoms with E-state index in [4.69, 9.17) is 4.74 Å². The van der Waals surface area contributed by atoms with Crippen molar-refractivity contribution in [3.63, 3.8) is 0 Å². The van der Waals surface area contributed by atoms with E-state index in [1.165, 1.54) is 5.56 Å². The Morgan fingerprint density at radius 3 is 1.71 bits per heavy atom. The molecule has 0 saturated carbocycles. The van der Waals surface area contributed by atoms with Gasteiger partial charge in [0.25, 0.3) is 6.47 Å². The molecule has 0 unspecified atom stereocenters. The molecule has 0 radical (unpaired) electrons. The van der Waals surface area contributed by atoms with E-state index in [1.54, 1.807) is 0 Å². The first kappa shape index (κ1) is 24.7. The van der Waals surface area contributed by atoms with Gasteiger partial charge in [-0.25, -0.2) is 0 Å². The smallest absolute Gasteiger partial charge is 0.298 e. The number of rotatable bonds is 3. The number of carbonyl (C=O) groups is 1. The fourth-order valence-electron chi connectivity index (χ4n) is 2.12. The van der Waals surface area contributed by atoms with Crippen LogP contribution in [0.15, 0.2) is 18.2 Å². The van der Waals surface area contributed by atoms with Crippen molar-refractivity contribution >= 4 is 12.5 Å². The second-order valence-electron chi connectivity index (χ2n) is 7.16. The van der Waals surface area contributed by atoms with Gasteiger partial charge in [0.15, 0.2) is 0 Å². The normalized spacial score (nSPS) is 11.1. The summed E-state index contributed by atoms with van der Waals surface area (Å²) < 4.78 is 5.28. The van der Waals surface area contributed by atoms with E-state index in [-0.39, 0.29) is 10.8 Å². The average Bonchev–Trinajstić information content (AvgIpc) is 2.51. The average molecular weight is 335 g/mol. The summed E-state index contributed by atoms with van der Waals surface area (Å²) in [6.45, 7) is 23.4. The standard InChI is InChI=1S/C18H26O2.2C2H6/c1-8-9-13-10-14(17(2,3)4)11-15(18(5,6)7)16(13)20-12-19;2*1-2/h8-12H,1-7H3;2*1-2H3/b9-8-;;. The van der Waals surface area contributed by atoms with Crippen LogP contribution in [0.1, 0.15) is 92.9 Å². The zero-order chi connectivity index (χ0) is 19.6. The molecular weight excluding hydrogens is 296 g/mol. The van der Waals surface area contributed by atoms with Crippen LogP contribution < -0.4 is 4.74 Å². The summed E-state index contributed by atoms with van der Waals surface area (Å²) in [5.74, 6) is 0.665. The molecule has 0 fully saturated rings. The van der Waals surface area contributed by atoms with Gasteiger partial charge in [-0.3, -0.25) is 4.79 Å². The number of ether oxygens (including phenoxy) is 1. The zero-order valence-corrected chi connectivity index (χ0v) is 17.7. The maximum Gasteiger partial charge on any atom is 0.298 e. The van der Waals surface area contributed by atoms with E-state index in [0.717, 1.165) is 11.1 Å². The minimum Gasteiger partial charge on any atom is -0.428 e. The monoisotopic (exact) mass is 334 g/mol. The third kappa shape index (κ3) is 7.33. The third-order valence-corrected chi connectivity index (χ3v) is 3.30. The Morgan fingerprint density at radius 1 is 0.875 bits per heavy atom. The van der Waals surface area contributed by atoms with Crippen LogP contribution in [0.4, 0.5) is 0 Å². The van der Waals surface area contributed by atoms with Gasteiger partial charge in [-0.05, 0) is 29.4 Å². The number of carbonyl (C=O) groups excluding carboxylic acids is 1. The minimum atomic E-state index is -0.0874. The Morgan fingerprint density at radius 2 is 1.38 bits per heavy atom. The highest BCUT2D eigenvalue weighted by atomic mass is 16.5. The summed E-state index contributed by atoms with van der Waals surface area (Å²) >= 11 is 0. The lowest BCUT2D eigenvalue weighted by molar-refractivity contribution is -0.120. The molecule has 0 spiro atoms. The first-order valence-corrected chi connectivity index (χ1v) is 9.03. The Bertz CT molecular complexity index is 512. The van der Waals surface area contributed by atoms with Crippen molar-refractivity contribution in [1.29, 1.82) is 0 Å². The van der Waals surface area contributed by atoms with Gasteiger partial charge >= 0.3 is 0 Å². The fourth-order valence-corrected chi connectivity index (χ4v) is 2.12. The molecule has 0 aliphatic heterocycles. The molecule has 24 heavy (non-hydrogen) atoms. The van der Waals surface area contributed by atoms with Crippen LogP contribution in [0.2, 0.25) is 0 Å². The first-order chi connectivity index (χ1) is 11.1. The van der Waals surface area contributed by atoms with E-state index in [9.17, 15) is 4.79 Å². The van der Waals surface area contributed by atoms with Gasteiger partial charge in [-0.15, -0.1) is 0 Å². The molecule has 138 valence electrons. The molecule has 0 saturated heterocycles. The highest BCUT2D eigenvalue weighted by Crippen LogP contribution is 2.38. The SMILES string of the molecule is C/C=C\c1cc(C(C)(C)C)cc(C(C)(C)C)c1OC=O.CC.CC. The van der Waals surface area contributed by atoms with Crippen molar-refractivity contribution in [2.45, 2.75) is 87.0 Å². The largest absolute Gasteiger partial charge is 0.428 e. The van der Waals surface area contributed by atoms with Crippen LogP contribution in [-0.2, 0) is 15.6 Å². The quantitative estimate of drug-likeness (QED) is 0.562. The minimum absolute atomic E-state index is 0.0516. The summed E-state index contributed by atoms with van der Waals surface area (Å²) in [6, 6.07) is 4.26. The first-order valence-electron chi connectivity index (χ1n) is 9.03. The maximum atomic E-state index is 10.8. The topological polar surface area (TPSA) is 26.3 Å². The molecular formula is C22H38O2. The number of hydrogen-bond donors (Lipinski definition) is 0. The molecule has 0 heterocycles. The van der Waals surface area contributed by atoms with Crippen LogP contribution in [0, 0.1) is 0 Å². The summed E-state index contributed by atoms with van der Waals surface area (Å²) in [4.78, 5) is 10.8. The number of hydrogen-bond acceptors (Lipinski definition) is 2. The molecule has 0 amide bonds. The van der Waals surface area contributed by atoms with Gasteiger partial charge < -0.3 is 4.74 Å². The second-order valence-corrected chi connectivity index (χ2v) is 7.16. The van der Waals surface area contributed by atoms with Gasteiger partial charge in [-0.1, -0.05) is 87.5 Å². The predicted octanol–water partition coefficient (Wildman–Crippen LogP) is 6.90. The molecule has 1 aromatic rings. The van der Waals surface area contributed by atoms with E-state index in [1.807, 2.05) is 46.8 Å². The summed E-state index contributed by atoms with van der Waals surface area (Å²) in [5, 5.41) is 0. The van der Waals surface area contributed by atoms with Crippen molar-refractivity contribution < 1.29 is 9.53 Å². The second kappa shape index (κ2) is 11.1. The third-order valence-electron chi connectivity index (χ3n) is 3.30. The Hall–Kier alpha value is -1.57. The van der Waals surface area contributed by atoms with E-state index >= 15 is 0 Å². The Labute approximate surface area is 150 Å². The highest BCUT2D eigenvalue weighted by molar-refractivity contribution is 5.66.